The lowest BCUT2D eigenvalue weighted by Crippen LogP contribution is -2.39. The second-order valence-corrected chi connectivity index (χ2v) is 7.08. The van der Waals surface area contributed by atoms with E-state index in [9.17, 15) is 14.3 Å². The van der Waals surface area contributed by atoms with Crippen LogP contribution in [0.3, 0.4) is 0 Å². The maximum Gasteiger partial charge on any atom is 0.170 e. The minimum atomic E-state index is -1.42. The van der Waals surface area contributed by atoms with E-state index in [1.165, 1.54) is 5.56 Å². The van der Waals surface area contributed by atoms with E-state index in [4.69, 9.17) is 0 Å². The first-order chi connectivity index (χ1) is 12.6. The molecular weight excluding hydrogens is 329 g/mol. The molecule has 0 spiro atoms. The summed E-state index contributed by atoms with van der Waals surface area (Å²) in [6, 6.07) is 19.2. The Bertz CT molecular complexity index is 684. The summed E-state index contributed by atoms with van der Waals surface area (Å²) in [5.41, 5.74) is 1.86. The number of nitrogens with one attached hydrogen (secondary N) is 1. The Balaban J connectivity index is 1.44. The molecule has 1 aliphatic carbocycles. The van der Waals surface area contributed by atoms with Crippen molar-refractivity contribution in [3.63, 3.8) is 0 Å². The van der Waals surface area contributed by atoms with Crippen LogP contribution < -0.4 is 5.32 Å². The summed E-state index contributed by atoms with van der Waals surface area (Å²) in [6.45, 7) is 0. The SMILES string of the molecule is O=C(CC(F)NC1CCC(c2ccccc2)CC1)C(O)c1ccccc1. The van der Waals surface area contributed by atoms with E-state index < -0.39 is 18.2 Å². The van der Waals surface area contributed by atoms with Gasteiger partial charge in [0.25, 0.3) is 0 Å². The van der Waals surface area contributed by atoms with Gasteiger partial charge in [-0.2, -0.15) is 0 Å². The van der Waals surface area contributed by atoms with Gasteiger partial charge in [-0.3, -0.25) is 10.1 Å². The fraction of sp³-hybridized carbons (Fsp3) is 0.409. The Morgan fingerprint density at radius 1 is 1.00 bits per heavy atom. The lowest BCUT2D eigenvalue weighted by Gasteiger charge is -2.30. The molecule has 1 aliphatic rings. The Morgan fingerprint density at radius 2 is 1.58 bits per heavy atom. The Hall–Kier alpha value is -2.04. The van der Waals surface area contributed by atoms with Crippen molar-refractivity contribution in [1.82, 2.24) is 5.32 Å². The number of aliphatic hydroxyl groups is 1. The lowest BCUT2D eigenvalue weighted by molar-refractivity contribution is -0.128. The summed E-state index contributed by atoms with van der Waals surface area (Å²) in [4.78, 5) is 12.1. The molecule has 4 heteroatoms. The van der Waals surface area contributed by atoms with Crippen LogP contribution in [0.4, 0.5) is 4.39 Å². The van der Waals surface area contributed by atoms with Gasteiger partial charge in [-0.15, -0.1) is 0 Å². The van der Waals surface area contributed by atoms with Crippen LogP contribution in [0, 0.1) is 0 Å². The monoisotopic (exact) mass is 355 g/mol. The van der Waals surface area contributed by atoms with E-state index in [0.717, 1.165) is 25.7 Å². The average molecular weight is 355 g/mol. The molecule has 0 saturated heterocycles. The number of rotatable bonds is 7. The highest BCUT2D eigenvalue weighted by atomic mass is 19.1. The van der Waals surface area contributed by atoms with E-state index in [0.29, 0.717) is 11.5 Å². The molecule has 0 heterocycles. The molecule has 0 amide bonds. The number of hydrogen-bond donors (Lipinski definition) is 2. The van der Waals surface area contributed by atoms with Crippen molar-refractivity contribution in [1.29, 1.82) is 0 Å². The molecule has 2 aromatic rings. The zero-order valence-electron chi connectivity index (χ0n) is 14.9. The van der Waals surface area contributed by atoms with Crippen LogP contribution in [0.2, 0.25) is 0 Å². The van der Waals surface area contributed by atoms with E-state index in [-0.39, 0.29) is 12.5 Å². The summed E-state index contributed by atoms with van der Waals surface area (Å²) < 4.78 is 14.3. The number of carbonyl (C=O) groups excluding carboxylic acids is 1. The molecule has 3 rings (SSSR count). The molecule has 2 atom stereocenters. The zero-order chi connectivity index (χ0) is 18.4. The van der Waals surface area contributed by atoms with Gasteiger partial charge >= 0.3 is 0 Å². The van der Waals surface area contributed by atoms with Crippen molar-refractivity contribution >= 4 is 5.78 Å². The van der Waals surface area contributed by atoms with Crippen LogP contribution in [0.1, 0.15) is 55.3 Å². The molecule has 1 fully saturated rings. The highest BCUT2D eigenvalue weighted by Crippen LogP contribution is 2.33. The second-order valence-electron chi connectivity index (χ2n) is 7.08. The Kier molecular flexibility index (Phi) is 6.53. The molecule has 0 aromatic heterocycles. The predicted molar refractivity (Wildman–Crippen MR) is 100 cm³/mol. The smallest absolute Gasteiger partial charge is 0.170 e. The Morgan fingerprint density at radius 3 is 2.19 bits per heavy atom. The van der Waals surface area contributed by atoms with Gasteiger partial charge in [-0.05, 0) is 42.7 Å². The van der Waals surface area contributed by atoms with Gasteiger partial charge in [0.15, 0.2) is 12.1 Å². The third-order valence-corrected chi connectivity index (χ3v) is 5.22. The summed E-state index contributed by atoms with van der Waals surface area (Å²) in [5, 5.41) is 13.0. The lowest BCUT2D eigenvalue weighted by atomic mass is 9.82. The van der Waals surface area contributed by atoms with Gasteiger partial charge in [0, 0.05) is 6.04 Å². The Labute approximate surface area is 154 Å². The van der Waals surface area contributed by atoms with Gasteiger partial charge in [-0.25, -0.2) is 4.39 Å². The first-order valence-electron chi connectivity index (χ1n) is 9.34. The third kappa shape index (κ3) is 4.99. The van der Waals surface area contributed by atoms with Crippen molar-refractivity contribution in [3.8, 4) is 0 Å². The summed E-state index contributed by atoms with van der Waals surface area (Å²) in [5.74, 6) is 0.0445. The quantitative estimate of drug-likeness (QED) is 0.729. The number of carbonyl (C=O) groups is 1. The molecule has 138 valence electrons. The van der Waals surface area contributed by atoms with E-state index in [1.54, 1.807) is 24.3 Å². The highest BCUT2D eigenvalue weighted by molar-refractivity contribution is 5.84. The van der Waals surface area contributed by atoms with Crippen LogP contribution in [0.25, 0.3) is 0 Å². The number of ketones is 1. The van der Waals surface area contributed by atoms with Gasteiger partial charge < -0.3 is 5.11 Å². The number of hydrogen-bond acceptors (Lipinski definition) is 3. The molecular formula is C22H26FNO2. The van der Waals surface area contributed by atoms with Crippen LogP contribution in [0.15, 0.2) is 60.7 Å². The summed E-state index contributed by atoms with van der Waals surface area (Å²) in [7, 11) is 0. The number of aliphatic hydroxyl groups excluding tert-OH is 1. The van der Waals surface area contributed by atoms with E-state index >= 15 is 0 Å². The van der Waals surface area contributed by atoms with Crippen LogP contribution in [-0.2, 0) is 4.79 Å². The standard InChI is InChI=1S/C22H26FNO2/c23-21(15-20(25)22(26)18-9-5-2-6-10-18)24-19-13-11-17(12-14-19)16-7-3-1-4-8-16/h1-10,17,19,21-22,24,26H,11-15H2. The van der Waals surface area contributed by atoms with Crippen molar-refractivity contribution < 1.29 is 14.3 Å². The minimum absolute atomic E-state index is 0.0895. The van der Waals surface area contributed by atoms with Gasteiger partial charge in [0.1, 0.15) is 6.10 Å². The maximum atomic E-state index is 14.3. The number of benzene rings is 2. The van der Waals surface area contributed by atoms with Gasteiger partial charge in [0.05, 0.1) is 6.42 Å². The fourth-order valence-corrected chi connectivity index (χ4v) is 3.74. The molecule has 0 aliphatic heterocycles. The molecule has 0 bridgehead atoms. The molecule has 2 unspecified atom stereocenters. The van der Waals surface area contributed by atoms with Crippen LogP contribution in [-0.4, -0.2) is 23.2 Å². The molecule has 0 radical (unpaired) electrons. The normalized spacial score (nSPS) is 22.5. The topological polar surface area (TPSA) is 49.3 Å². The molecule has 3 nitrogen and oxygen atoms in total. The first-order valence-corrected chi connectivity index (χ1v) is 9.34. The summed E-state index contributed by atoms with van der Waals surface area (Å²) >= 11 is 0. The summed E-state index contributed by atoms with van der Waals surface area (Å²) in [6.07, 6.45) is 0.855. The molecule has 26 heavy (non-hydrogen) atoms. The fourth-order valence-electron chi connectivity index (χ4n) is 3.74. The number of Topliss-reactive ketones (excluding diaryl/α,β-unsaturated/α-hetero) is 1. The van der Waals surface area contributed by atoms with Crippen molar-refractivity contribution in [2.75, 3.05) is 0 Å². The number of halogens is 1. The highest BCUT2D eigenvalue weighted by Gasteiger charge is 2.26. The van der Waals surface area contributed by atoms with Crippen molar-refractivity contribution in [3.05, 3.63) is 71.8 Å². The zero-order valence-corrected chi connectivity index (χ0v) is 14.9. The van der Waals surface area contributed by atoms with Crippen LogP contribution in [0.5, 0.6) is 0 Å². The number of alkyl halides is 1. The molecule has 1 saturated carbocycles. The van der Waals surface area contributed by atoms with Crippen LogP contribution >= 0.6 is 0 Å². The van der Waals surface area contributed by atoms with E-state index in [2.05, 4.69) is 29.6 Å². The average Bonchev–Trinajstić information content (AvgIpc) is 2.69. The largest absolute Gasteiger partial charge is 0.381 e. The predicted octanol–water partition coefficient (Wildman–Crippen LogP) is 4.29. The van der Waals surface area contributed by atoms with Crippen molar-refractivity contribution in [2.45, 2.75) is 56.5 Å². The molecule has 2 aromatic carbocycles. The minimum Gasteiger partial charge on any atom is -0.381 e. The second kappa shape index (κ2) is 9.06. The van der Waals surface area contributed by atoms with Gasteiger partial charge in [-0.1, -0.05) is 60.7 Å². The van der Waals surface area contributed by atoms with Crippen molar-refractivity contribution in [2.24, 2.45) is 0 Å². The van der Waals surface area contributed by atoms with E-state index in [1.807, 2.05) is 12.1 Å². The first kappa shape index (κ1) is 18.7. The third-order valence-electron chi connectivity index (χ3n) is 5.22. The van der Waals surface area contributed by atoms with Gasteiger partial charge in [0.2, 0.25) is 0 Å². The maximum absolute atomic E-state index is 14.3. The molecule has 2 N–H and O–H groups in total.